The maximum absolute atomic E-state index is 5.90. The Morgan fingerprint density at radius 1 is 1.32 bits per heavy atom. The molecule has 1 aromatic carbocycles. The monoisotopic (exact) mass is 297 g/mol. The van der Waals surface area contributed by atoms with Gasteiger partial charge in [-0.15, -0.1) is 11.8 Å². The van der Waals surface area contributed by atoms with Gasteiger partial charge in [0, 0.05) is 21.7 Å². The van der Waals surface area contributed by atoms with Crippen molar-refractivity contribution in [1.82, 2.24) is 5.32 Å². The lowest BCUT2D eigenvalue weighted by Gasteiger charge is -2.19. The quantitative estimate of drug-likeness (QED) is 0.499. The van der Waals surface area contributed by atoms with E-state index in [-0.39, 0.29) is 0 Å². The summed E-state index contributed by atoms with van der Waals surface area (Å²) in [6, 6.07) is 8.57. The first-order valence-corrected chi connectivity index (χ1v) is 8.30. The molecule has 0 bridgehead atoms. The van der Waals surface area contributed by atoms with Crippen LogP contribution in [-0.2, 0) is 0 Å². The van der Waals surface area contributed by atoms with Gasteiger partial charge in [-0.2, -0.15) is 0 Å². The lowest BCUT2D eigenvalue weighted by atomic mass is 10.1. The van der Waals surface area contributed by atoms with Crippen molar-refractivity contribution in [2.45, 2.75) is 44.0 Å². The Bertz CT molecular complexity index is 375. The Morgan fingerprint density at radius 3 is 2.58 bits per heavy atom. The molecule has 19 heavy (non-hydrogen) atoms. The molecule has 1 nitrogen and oxygen atoms in total. The Morgan fingerprint density at radius 2 is 2.00 bits per heavy atom. The van der Waals surface area contributed by atoms with Crippen molar-refractivity contribution in [2.24, 2.45) is 0 Å². The molecule has 106 valence electrons. The van der Waals surface area contributed by atoms with Crippen molar-refractivity contribution < 1.29 is 0 Å². The van der Waals surface area contributed by atoms with Crippen LogP contribution in [0.3, 0.4) is 0 Å². The van der Waals surface area contributed by atoms with E-state index in [9.17, 15) is 0 Å². The van der Waals surface area contributed by atoms with Crippen molar-refractivity contribution in [3.05, 3.63) is 41.4 Å². The second-order valence-corrected chi connectivity index (χ2v) is 6.25. The number of nitrogens with one attached hydrogen (secondary N) is 1. The van der Waals surface area contributed by atoms with E-state index in [1.165, 1.54) is 16.9 Å². The molecule has 0 spiro atoms. The van der Waals surface area contributed by atoms with Gasteiger partial charge in [-0.05, 0) is 50.1 Å². The third-order valence-electron chi connectivity index (χ3n) is 2.98. The van der Waals surface area contributed by atoms with Crippen LogP contribution in [0.5, 0.6) is 0 Å². The first-order chi connectivity index (χ1) is 9.15. The van der Waals surface area contributed by atoms with Crippen molar-refractivity contribution in [3.8, 4) is 0 Å². The largest absolute Gasteiger partial charge is 0.313 e. The van der Waals surface area contributed by atoms with E-state index in [1.54, 1.807) is 0 Å². The van der Waals surface area contributed by atoms with Crippen molar-refractivity contribution in [3.63, 3.8) is 0 Å². The Hall–Kier alpha value is -0.440. The number of halogens is 1. The second-order valence-electron chi connectivity index (χ2n) is 4.72. The zero-order valence-electron chi connectivity index (χ0n) is 11.9. The normalized spacial score (nSPS) is 12.4. The summed E-state index contributed by atoms with van der Waals surface area (Å²) in [5.41, 5.74) is 1.32. The van der Waals surface area contributed by atoms with Crippen LogP contribution in [0.15, 0.2) is 41.3 Å². The first kappa shape index (κ1) is 16.6. The molecule has 0 saturated carbocycles. The molecule has 0 saturated heterocycles. The van der Waals surface area contributed by atoms with E-state index < -0.39 is 0 Å². The summed E-state index contributed by atoms with van der Waals surface area (Å²) >= 11 is 7.78. The molecule has 3 heteroatoms. The second kappa shape index (κ2) is 9.46. The van der Waals surface area contributed by atoms with Gasteiger partial charge in [-0.25, -0.2) is 0 Å². The molecule has 0 aromatic heterocycles. The van der Waals surface area contributed by atoms with Crippen molar-refractivity contribution in [2.75, 3.05) is 12.3 Å². The topological polar surface area (TPSA) is 12.0 Å². The Kier molecular flexibility index (Phi) is 8.27. The van der Waals surface area contributed by atoms with E-state index in [2.05, 4.69) is 37.9 Å². The van der Waals surface area contributed by atoms with Crippen LogP contribution >= 0.6 is 23.4 Å². The summed E-state index contributed by atoms with van der Waals surface area (Å²) in [4.78, 5) is 1.27. The summed E-state index contributed by atoms with van der Waals surface area (Å²) in [6.45, 7) is 9.56. The fourth-order valence-corrected chi connectivity index (χ4v) is 2.84. The maximum Gasteiger partial charge on any atom is 0.0406 e. The molecule has 0 aliphatic rings. The zero-order valence-corrected chi connectivity index (χ0v) is 13.5. The van der Waals surface area contributed by atoms with E-state index in [4.69, 9.17) is 11.6 Å². The highest BCUT2D eigenvalue weighted by Crippen LogP contribution is 2.22. The summed E-state index contributed by atoms with van der Waals surface area (Å²) in [5, 5.41) is 4.40. The predicted molar refractivity (Wildman–Crippen MR) is 88.3 cm³/mol. The molecule has 1 atom stereocenters. The van der Waals surface area contributed by atoms with E-state index in [0.29, 0.717) is 6.04 Å². The summed E-state index contributed by atoms with van der Waals surface area (Å²) in [5.74, 6) is 1.07. The number of hydrogen-bond acceptors (Lipinski definition) is 2. The molecule has 1 rings (SSSR count). The minimum absolute atomic E-state index is 0.507. The highest BCUT2D eigenvalue weighted by atomic mass is 35.5. The average Bonchev–Trinajstić information content (AvgIpc) is 2.43. The molecular formula is C16H24ClNS. The van der Waals surface area contributed by atoms with Gasteiger partial charge in [0.2, 0.25) is 0 Å². The maximum atomic E-state index is 5.90. The fraction of sp³-hybridized carbons (Fsp3) is 0.500. The molecule has 0 heterocycles. The van der Waals surface area contributed by atoms with E-state index in [0.717, 1.165) is 30.2 Å². The zero-order chi connectivity index (χ0) is 14.1. The molecule has 0 radical (unpaired) electrons. The molecule has 0 aliphatic carbocycles. The number of benzene rings is 1. The standard InChI is InChI=1S/C16H24ClNS/c1-4-10-18-15(11-13(3)5-2)12-19-16-8-6-14(17)7-9-16/h6-9,15,18H,3-5,10-12H2,1-2H3. The van der Waals surface area contributed by atoms with Crippen LogP contribution in [-0.4, -0.2) is 18.3 Å². The third kappa shape index (κ3) is 7.05. The van der Waals surface area contributed by atoms with Gasteiger partial charge in [-0.1, -0.05) is 37.6 Å². The highest BCUT2D eigenvalue weighted by molar-refractivity contribution is 7.99. The van der Waals surface area contributed by atoms with Gasteiger partial charge in [0.1, 0.15) is 0 Å². The molecule has 0 fully saturated rings. The average molecular weight is 298 g/mol. The number of thioether (sulfide) groups is 1. The molecule has 1 aromatic rings. The van der Waals surface area contributed by atoms with E-state index in [1.807, 2.05) is 23.9 Å². The van der Waals surface area contributed by atoms with Gasteiger partial charge in [-0.3, -0.25) is 0 Å². The van der Waals surface area contributed by atoms with Gasteiger partial charge in [0.15, 0.2) is 0 Å². The third-order valence-corrected chi connectivity index (χ3v) is 4.41. The minimum Gasteiger partial charge on any atom is -0.313 e. The summed E-state index contributed by atoms with van der Waals surface area (Å²) in [7, 11) is 0. The van der Waals surface area contributed by atoms with Crippen LogP contribution in [0.4, 0.5) is 0 Å². The van der Waals surface area contributed by atoms with Gasteiger partial charge >= 0.3 is 0 Å². The smallest absolute Gasteiger partial charge is 0.0406 e. The molecule has 0 aliphatic heterocycles. The Labute approximate surface area is 126 Å². The summed E-state index contributed by atoms with van der Waals surface area (Å²) < 4.78 is 0. The first-order valence-electron chi connectivity index (χ1n) is 6.94. The summed E-state index contributed by atoms with van der Waals surface area (Å²) in [6.07, 6.45) is 3.30. The van der Waals surface area contributed by atoms with Crippen LogP contribution in [0.2, 0.25) is 5.02 Å². The molecular weight excluding hydrogens is 274 g/mol. The lowest BCUT2D eigenvalue weighted by molar-refractivity contribution is 0.544. The van der Waals surface area contributed by atoms with Gasteiger partial charge < -0.3 is 5.32 Å². The molecule has 1 unspecified atom stereocenters. The fourth-order valence-electron chi connectivity index (χ4n) is 1.76. The minimum atomic E-state index is 0.507. The lowest BCUT2D eigenvalue weighted by Crippen LogP contribution is -2.32. The van der Waals surface area contributed by atoms with Crippen LogP contribution in [0, 0.1) is 0 Å². The highest BCUT2D eigenvalue weighted by Gasteiger charge is 2.09. The van der Waals surface area contributed by atoms with E-state index >= 15 is 0 Å². The molecule has 0 amide bonds. The van der Waals surface area contributed by atoms with Crippen molar-refractivity contribution in [1.29, 1.82) is 0 Å². The van der Waals surface area contributed by atoms with Gasteiger partial charge in [0.25, 0.3) is 0 Å². The number of rotatable bonds is 9. The van der Waals surface area contributed by atoms with Crippen LogP contribution in [0.1, 0.15) is 33.1 Å². The van der Waals surface area contributed by atoms with Crippen LogP contribution < -0.4 is 5.32 Å². The van der Waals surface area contributed by atoms with Gasteiger partial charge in [0.05, 0.1) is 0 Å². The van der Waals surface area contributed by atoms with Crippen molar-refractivity contribution >= 4 is 23.4 Å². The predicted octanol–water partition coefficient (Wildman–Crippen LogP) is 5.16. The molecule has 1 N–H and O–H groups in total. The Balaban J connectivity index is 2.46. The SMILES string of the molecule is C=C(CC)CC(CSc1ccc(Cl)cc1)NCCC. The van der Waals surface area contributed by atoms with Crippen LogP contribution in [0.25, 0.3) is 0 Å². The number of hydrogen-bond donors (Lipinski definition) is 1.